The van der Waals surface area contributed by atoms with E-state index in [4.69, 9.17) is 16.3 Å². The third-order valence-corrected chi connectivity index (χ3v) is 6.45. The predicted molar refractivity (Wildman–Crippen MR) is 129 cm³/mol. The van der Waals surface area contributed by atoms with E-state index in [1.807, 2.05) is 24.3 Å². The van der Waals surface area contributed by atoms with Crippen LogP contribution in [0.1, 0.15) is 28.4 Å². The van der Waals surface area contributed by atoms with Gasteiger partial charge in [0.15, 0.2) is 0 Å². The first-order valence-corrected chi connectivity index (χ1v) is 11.5. The van der Waals surface area contributed by atoms with E-state index in [-0.39, 0.29) is 6.10 Å². The summed E-state index contributed by atoms with van der Waals surface area (Å²) < 4.78 is 6.40. The average molecular weight is 435 g/mol. The molecule has 1 heterocycles. The maximum atomic E-state index is 6.49. The highest BCUT2D eigenvalue weighted by molar-refractivity contribution is 6.31. The topological polar surface area (TPSA) is 15.7 Å². The maximum absolute atomic E-state index is 6.49. The van der Waals surface area contributed by atoms with Crippen LogP contribution in [0.3, 0.4) is 0 Å². The quantitative estimate of drug-likeness (QED) is 0.460. The van der Waals surface area contributed by atoms with Crippen LogP contribution in [0.5, 0.6) is 0 Å². The van der Waals surface area contributed by atoms with Crippen molar-refractivity contribution >= 4 is 11.6 Å². The number of benzene rings is 3. The molecule has 0 spiro atoms. The Morgan fingerprint density at radius 2 is 1.45 bits per heavy atom. The molecule has 0 amide bonds. The van der Waals surface area contributed by atoms with Crippen molar-refractivity contribution in [2.75, 3.05) is 39.3 Å². The van der Waals surface area contributed by atoms with Gasteiger partial charge in [-0.15, -0.1) is 0 Å². The van der Waals surface area contributed by atoms with Gasteiger partial charge in [0.25, 0.3) is 0 Å². The number of piperazine rings is 1. The molecule has 4 heteroatoms. The van der Waals surface area contributed by atoms with E-state index in [1.165, 1.54) is 11.1 Å². The van der Waals surface area contributed by atoms with Crippen LogP contribution in [0.25, 0.3) is 0 Å². The third kappa shape index (κ3) is 5.96. The second-order valence-corrected chi connectivity index (χ2v) is 8.63. The van der Waals surface area contributed by atoms with Crippen LogP contribution in [0.2, 0.25) is 5.02 Å². The summed E-state index contributed by atoms with van der Waals surface area (Å²) in [4.78, 5) is 5.05. The lowest BCUT2D eigenvalue weighted by molar-refractivity contribution is 0.0442. The minimum absolute atomic E-state index is 0.141. The second-order valence-electron chi connectivity index (χ2n) is 8.23. The monoisotopic (exact) mass is 434 g/mol. The second kappa shape index (κ2) is 10.9. The van der Waals surface area contributed by atoms with Gasteiger partial charge < -0.3 is 4.74 Å². The molecule has 0 radical (unpaired) electrons. The largest absolute Gasteiger partial charge is 0.367 e. The van der Waals surface area contributed by atoms with Crippen molar-refractivity contribution in [3.05, 3.63) is 106 Å². The number of ether oxygens (including phenoxy) is 1. The lowest BCUT2D eigenvalue weighted by Gasteiger charge is -2.35. The minimum Gasteiger partial charge on any atom is -0.367 e. The molecule has 0 bridgehead atoms. The molecule has 0 aromatic heterocycles. The summed E-state index contributed by atoms with van der Waals surface area (Å²) in [6.07, 6.45) is -0.141. The van der Waals surface area contributed by atoms with Gasteiger partial charge in [0, 0.05) is 49.9 Å². The van der Waals surface area contributed by atoms with Crippen molar-refractivity contribution < 1.29 is 4.74 Å². The molecule has 4 rings (SSSR count). The Hall–Kier alpha value is -2.17. The highest BCUT2D eigenvalue weighted by Crippen LogP contribution is 2.31. The van der Waals surface area contributed by atoms with Gasteiger partial charge in [-0.1, -0.05) is 84.4 Å². The Morgan fingerprint density at radius 3 is 2.19 bits per heavy atom. The summed E-state index contributed by atoms with van der Waals surface area (Å²) in [6.45, 7) is 9.22. The van der Waals surface area contributed by atoms with Crippen molar-refractivity contribution in [2.45, 2.75) is 19.6 Å². The van der Waals surface area contributed by atoms with Crippen LogP contribution in [0.15, 0.2) is 78.9 Å². The molecule has 1 aliphatic rings. The number of halogens is 1. The molecule has 0 N–H and O–H groups in total. The van der Waals surface area contributed by atoms with Crippen molar-refractivity contribution in [3.63, 3.8) is 0 Å². The number of hydrogen-bond donors (Lipinski definition) is 0. The van der Waals surface area contributed by atoms with Crippen LogP contribution in [0.4, 0.5) is 0 Å². The van der Waals surface area contributed by atoms with E-state index in [1.54, 1.807) is 0 Å². The first-order valence-electron chi connectivity index (χ1n) is 11.1. The van der Waals surface area contributed by atoms with Gasteiger partial charge in [-0.2, -0.15) is 0 Å². The molecule has 31 heavy (non-hydrogen) atoms. The molecule has 3 aromatic rings. The summed E-state index contributed by atoms with van der Waals surface area (Å²) in [5.74, 6) is 0. The van der Waals surface area contributed by atoms with Crippen LogP contribution in [-0.2, 0) is 11.3 Å². The van der Waals surface area contributed by atoms with Crippen molar-refractivity contribution in [1.82, 2.24) is 9.80 Å². The molecular weight excluding hydrogens is 404 g/mol. The lowest BCUT2D eigenvalue weighted by atomic mass is 10.0. The highest BCUT2D eigenvalue weighted by Gasteiger charge is 2.20. The molecular formula is C27H31ClN2O. The minimum atomic E-state index is -0.141. The molecule has 3 nitrogen and oxygen atoms in total. The summed E-state index contributed by atoms with van der Waals surface area (Å²) >= 11 is 6.49. The average Bonchev–Trinajstić information content (AvgIpc) is 2.81. The van der Waals surface area contributed by atoms with E-state index < -0.39 is 0 Å². The Balaban J connectivity index is 1.30. The molecule has 0 saturated carbocycles. The molecule has 162 valence electrons. The molecule has 1 saturated heterocycles. The molecule has 0 aliphatic carbocycles. The third-order valence-electron chi connectivity index (χ3n) is 6.10. The fourth-order valence-electron chi connectivity index (χ4n) is 4.18. The summed E-state index contributed by atoms with van der Waals surface area (Å²) in [7, 11) is 0. The Labute approximate surface area is 191 Å². The van der Waals surface area contributed by atoms with Crippen molar-refractivity contribution in [1.29, 1.82) is 0 Å². The van der Waals surface area contributed by atoms with Crippen molar-refractivity contribution in [2.24, 2.45) is 0 Å². The first kappa shape index (κ1) is 22.0. The summed E-state index contributed by atoms with van der Waals surface area (Å²) in [5, 5.41) is 0.751. The van der Waals surface area contributed by atoms with Gasteiger partial charge in [-0.3, -0.25) is 9.80 Å². The van der Waals surface area contributed by atoms with Crippen LogP contribution >= 0.6 is 11.6 Å². The summed E-state index contributed by atoms with van der Waals surface area (Å²) in [5.41, 5.74) is 4.98. The number of hydrogen-bond acceptors (Lipinski definition) is 3. The predicted octanol–water partition coefficient (Wildman–Crippen LogP) is 5.57. The van der Waals surface area contributed by atoms with Gasteiger partial charge in [0.05, 0.1) is 6.61 Å². The Morgan fingerprint density at radius 1 is 0.806 bits per heavy atom. The Bertz CT molecular complexity index is 954. The zero-order chi connectivity index (χ0) is 21.5. The van der Waals surface area contributed by atoms with Crippen molar-refractivity contribution in [3.8, 4) is 0 Å². The molecule has 1 fully saturated rings. The van der Waals surface area contributed by atoms with Crippen LogP contribution in [-0.4, -0.2) is 49.1 Å². The van der Waals surface area contributed by atoms with Gasteiger partial charge in [-0.05, 0) is 29.7 Å². The van der Waals surface area contributed by atoms with Crippen LogP contribution < -0.4 is 0 Å². The van der Waals surface area contributed by atoms with E-state index in [0.29, 0.717) is 6.61 Å². The van der Waals surface area contributed by atoms with Gasteiger partial charge >= 0.3 is 0 Å². The van der Waals surface area contributed by atoms with E-state index in [2.05, 4.69) is 71.3 Å². The zero-order valence-corrected chi connectivity index (χ0v) is 19.0. The van der Waals surface area contributed by atoms with E-state index in [0.717, 1.165) is 55.4 Å². The lowest BCUT2D eigenvalue weighted by Crippen LogP contribution is -2.46. The molecule has 3 aromatic carbocycles. The summed E-state index contributed by atoms with van der Waals surface area (Å²) in [6, 6.07) is 27.0. The molecule has 1 atom stereocenters. The van der Waals surface area contributed by atoms with Gasteiger partial charge in [0.1, 0.15) is 6.10 Å². The standard InChI is InChI=1S/C27H31ClN2O/c1-22-9-5-6-12-24(22)21-30-17-15-29(16-18-30)19-20-31-27(23-10-3-2-4-11-23)25-13-7-8-14-26(25)28/h2-14,27H,15-21H2,1H3/t27-/m0/s1. The number of rotatable bonds is 8. The first-order chi connectivity index (χ1) is 15.2. The van der Waals surface area contributed by atoms with E-state index >= 15 is 0 Å². The van der Waals surface area contributed by atoms with Crippen LogP contribution in [0, 0.1) is 6.92 Å². The number of nitrogens with zero attached hydrogens (tertiary/aromatic N) is 2. The molecule has 0 unspecified atom stereocenters. The smallest absolute Gasteiger partial charge is 0.109 e. The zero-order valence-electron chi connectivity index (χ0n) is 18.2. The van der Waals surface area contributed by atoms with Gasteiger partial charge in [-0.25, -0.2) is 0 Å². The fourth-order valence-corrected chi connectivity index (χ4v) is 4.42. The maximum Gasteiger partial charge on any atom is 0.109 e. The number of aryl methyl sites for hydroxylation is 1. The Kier molecular flexibility index (Phi) is 7.76. The van der Waals surface area contributed by atoms with E-state index in [9.17, 15) is 0 Å². The highest BCUT2D eigenvalue weighted by atomic mass is 35.5. The molecule has 1 aliphatic heterocycles. The normalized spacial score (nSPS) is 16.3. The fraction of sp³-hybridized carbons (Fsp3) is 0.333. The SMILES string of the molecule is Cc1ccccc1CN1CCN(CCO[C@@H](c2ccccc2)c2ccccc2Cl)CC1. The van der Waals surface area contributed by atoms with Gasteiger partial charge in [0.2, 0.25) is 0 Å².